The highest BCUT2D eigenvalue weighted by atomic mass is 32.1. The molecule has 1 aliphatic heterocycles. The van der Waals surface area contributed by atoms with Gasteiger partial charge in [0.15, 0.2) is 5.11 Å². The number of benzene rings is 2. The molecule has 0 amide bonds. The Kier molecular flexibility index (Phi) is 5.46. The molecule has 4 rings (SSSR count). The molecule has 0 saturated heterocycles. The van der Waals surface area contributed by atoms with Gasteiger partial charge < -0.3 is 15.2 Å². The SMILES string of the molecule is Cc1ccc(NC(=S)NN=C2CC3(CCCCC3)Oc3ccc(O)cc32)cc1C. The van der Waals surface area contributed by atoms with Crippen LogP contribution in [0.4, 0.5) is 5.69 Å². The number of phenols is 1. The molecule has 1 heterocycles. The van der Waals surface area contributed by atoms with E-state index in [9.17, 15) is 5.11 Å². The fourth-order valence-electron chi connectivity index (χ4n) is 4.17. The zero-order valence-corrected chi connectivity index (χ0v) is 17.7. The maximum atomic E-state index is 9.96. The molecular weight excluding hydrogens is 382 g/mol. The van der Waals surface area contributed by atoms with Crippen LogP contribution in [-0.4, -0.2) is 21.5 Å². The Balaban J connectivity index is 1.55. The summed E-state index contributed by atoms with van der Waals surface area (Å²) in [7, 11) is 0. The molecule has 1 spiro atoms. The van der Waals surface area contributed by atoms with Crippen molar-refractivity contribution in [2.45, 2.75) is 58.0 Å². The lowest BCUT2D eigenvalue weighted by Crippen LogP contribution is -2.44. The van der Waals surface area contributed by atoms with Gasteiger partial charge in [0.05, 0.1) is 5.71 Å². The van der Waals surface area contributed by atoms with Gasteiger partial charge in [0, 0.05) is 17.7 Å². The number of aryl methyl sites for hydroxylation is 2. The van der Waals surface area contributed by atoms with Crippen molar-refractivity contribution in [2.24, 2.45) is 5.10 Å². The molecule has 0 unspecified atom stereocenters. The summed E-state index contributed by atoms with van der Waals surface area (Å²) in [5, 5.41) is 18.2. The van der Waals surface area contributed by atoms with Gasteiger partial charge in [-0.25, -0.2) is 0 Å². The lowest BCUT2D eigenvalue weighted by atomic mass is 9.78. The third-order valence-electron chi connectivity index (χ3n) is 5.91. The Labute approximate surface area is 177 Å². The summed E-state index contributed by atoms with van der Waals surface area (Å²) in [6.45, 7) is 4.16. The highest BCUT2D eigenvalue weighted by molar-refractivity contribution is 7.80. The Hall–Kier alpha value is -2.60. The number of thiocarbonyl (C=S) groups is 1. The Bertz CT molecular complexity index is 965. The van der Waals surface area contributed by atoms with Crippen LogP contribution in [0.2, 0.25) is 0 Å². The number of hydrogen-bond donors (Lipinski definition) is 3. The van der Waals surface area contributed by atoms with Gasteiger partial charge in [-0.2, -0.15) is 5.10 Å². The number of fused-ring (bicyclic) bond motifs is 1. The number of rotatable bonds is 2. The van der Waals surface area contributed by atoms with E-state index in [2.05, 4.69) is 41.8 Å². The van der Waals surface area contributed by atoms with Crippen LogP contribution in [0, 0.1) is 13.8 Å². The van der Waals surface area contributed by atoms with E-state index < -0.39 is 0 Å². The quantitative estimate of drug-likeness (QED) is 0.471. The fourth-order valence-corrected chi connectivity index (χ4v) is 4.34. The molecule has 0 aromatic heterocycles. The number of nitrogens with zero attached hydrogens (tertiary/aromatic N) is 1. The van der Waals surface area contributed by atoms with E-state index in [1.54, 1.807) is 12.1 Å². The van der Waals surface area contributed by atoms with Gasteiger partial charge in [-0.3, -0.25) is 5.43 Å². The average Bonchev–Trinajstić information content (AvgIpc) is 2.70. The van der Waals surface area contributed by atoms with Crippen LogP contribution >= 0.6 is 12.2 Å². The van der Waals surface area contributed by atoms with E-state index in [1.165, 1.54) is 30.4 Å². The topological polar surface area (TPSA) is 65.9 Å². The molecule has 1 fully saturated rings. The molecule has 6 heteroatoms. The van der Waals surface area contributed by atoms with Crippen LogP contribution in [0.3, 0.4) is 0 Å². The zero-order chi connectivity index (χ0) is 20.4. The largest absolute Gasteiger partial charge is 0.508 e. The molecular formula is C23H27N3O2S. The highest BCUT2D eigenvalue weighted by Crippen LogP contribution is 2.42. The highest BCUT2D eigenvalue weighted by Gasteiger charge is 2.40. The predicted molar refractivity (Wildman–Crippen MR) is 121 cm³/mol. The zero-order valence-electron chi connectivity index (χ0n) is 16.9. The number of ether oxygens (including phenoxy) is 1. The Morgan fingerprint density at radius 3 is 2.62 bits per heavy atom. The van der Waals surface area contributed by atoms with Gasteiger partial charge >= 0.3 is 0 Å². The Morgan fingerprint density at radius 1 is 1.07 bits per heavy atom. The van der Waals surface area contributed by atoms with Crippen LogP contribution in [0.15, 0.2) is 41.5 Å². The number of phenolic OH excluding ortho intramolecular Hbond substituents is 1. The monoisotopic (exact) mass is 409 g/mol. The molecule has 0 radical (unpaired) electrons. The summed E-state index contributed by atoms with van der Waals surface area (Å²) in [4.78, 5) is 0. The van der Waals surface area contributed by atoms with Crippen LogP contribution in [-0.2, 0) is 0 Å². The standard InChI is InChI=1S/C23H27N3O2S/c1-15-6-7-17(12-16(15)2)24-22(29)26-25-20-14-23(10-4-3-5-11-23)28-21-9-8-18(27)13-19(20)21/h6-9,12-13,27H,3-5,10-11,14H2,1-2H3,(H2,24,26,29). The summed E-state index contributed by atoms with van der Waals surface area (Å²) < 4.78 is 6.40. The minimum atomic E-state index is -0.203. The average molecular weight is 410 g/mol. The first-order valence-electron chi connectivity index (χ1n) is 10.2. The predicted octanol–water partition coefficient (Wildman–Crippen LogP) is 5.19. The van der Waals surface area contributed by atoms with Gasteiger partial charge in [0.1, 0.15) is 17.1 Å². The molecule has 152 valence electrons. The van der Waals surface area contributed by atoms with E-state index in [0.717, 1.165) is 35.6 Å². The number of aromatic hydroxyl groups is 1. The van der Waals surface area contributed by atoms with Gasteiger partial charge in [-0.05, 0) is 93.2 Å². The number of anilines is 1. The van der Waals surface area contributed by atoms with Gasteiger partial charge in [-0.15, -0.1) is 0 Å². The first kappa shape index (κ1) is 19.7. The minimum Gasteiger partial charge on any atom is -0.508 e. The molecule has 0 bridgehead atoms. The molecule has 1 aliphatic carbocycles. The van der Waals surface area contributed by atoms with E-state index in [1.807, 2.05) is 12.1 Å². The maximum Gasteiger partial charge on any atom is 0.191 e. The first-order valence-corrected chi connectivity index (χ1v) is 10.6. The first-order chi connectivity index (χ1) is 13.9. The van der Waals surface area contributed by atoms with Crippen LogP contribution < -0.4 is 15.5 Å². The van der Waals surface area contributed by atoms with Gasteiger partial charge in [-0.1, -0.05) is 12.5 Å². The van der Waals surface area contributed by atoms with Crippen molar-refractivity contribution in [2.75, 3.05) is 5.32 Å². The smallest absolute Gasteiger partial charge is 0.191 e. The van der Waals surface area contributed by atoms with Gasteiger partial charge in [0.25, 0.3) is 0 Å². The van der Waals surface area contributed by atoms with Crippen molar-refractivity contribution in [3.63, 3.8) is 0 Å². The molecule has 5 nitrogen and oxygen atoms in total. The van der Waals surface area contributed by atoms with E-state index in [4.69, 9.17) is 17.0 Å². The van der Waals surface area contributed by atoms with Crippen LogP contribution in [0.1, 0.15) is 55.2 Å². The molecule has 2 aromatic carbocycles. The fraction of sp³-hybridized carbons (Fsp3) is 0.391. The molecule has 3 N–H and O–H groups in total. The number of hydrazone groups is 1. The summed E-state index contributed by atoms with van der Waals surface area (Å²) in [6, 6.07) is 11.3. The third-order valence-corrected chi connectivity index (χ3v) is 6.11. The van der Waals surface area contributed by atoms with Crippen molar-refractivity contribution in [1.82, 2.24) is 5.43 Å². The normalized spacial score (nSPS) is 18.8. The molecule has 2 aromatic rings. The summed E-state index contributed by atoms with van der Waals surface area (Å²) in [5.74, 6) is 0.986. The minimum absolute atomic E-state index is 0.203. The Morgan fingerprint density at radius 2 is 1.86 bits per heavy atom. The molecule has 2 aliphatic rings. The lowest BCUT2D eigenvalue weighted by Gasteiger charge is -2.41. The van der Waals surface area contributed by atoms with Crippen molar-refractivity contribution in [3.8, 4) is 11.5 Å². The summed E-state index contributed by atoms with van der Waals surface area (Å²) in [5.41, 5.74) is 7.85. The van der Waals surface area contributed by atoms with E-state index >= 15 is 0 Å². The maximum absolute atomic E-state index is 9.96. The third kappa shape index (κ3) is 4.37. The second-order valence-electron chi connectivity index (χ2n) is 8.13. The molecule has 0 atom stereocenters. The summed E-state index contributed by atoms with van der Waals surface area (Å²) >= 11 is 5.44. The van der Waals surface area contributed by atoms with Crippen molar-refractivity contribution in [3.05, 3.63) is 53.1 Å². The van der Waals surface area contributed by atoms with Crippen molar-refractivity contribution >= 4 is 28.7 Å². The van der Waals surface area contributed by atoms with Crippen molar-refractivity contribution < 1.29 is 9.84 Å². The summed E-state index contributed by atoms with van der Waals surface area (Å²) in [6.07, 6.45) is 6.35. The van der Waals surface area contributed by atoms with E-state index in [0.29, 0.717) is 11.5 Å². The number of nitrogens with one attached hydrogen (secondary N) is 2. The number of hydrogen-bond acceptors (Lipinski definition) is 4. The molecule has 1 saturated carbocycles. The van der Waals surface area contributed by atoms with Crippen molar-refractivity contribution in [1.29, 1.82) is 0 Å². The van der Waals surface area contributed by atoms with Crippen LogP contribution in [0.25, 0.3) is 0 Å². The second kappa shape index (κ2) is 8.03. The van der Waals surface area contributed by atoms with Gasteiger partial charge in [0.2, 0.25) is 0 Å². The van der Waals surface area contributed by atoms with Crippen LogP contribution in [0.5, 0.6) is 11.5 Å². The second-order valence-corrected chi connectivity index (χ2v) is 8.53. The molecule has 29 heavy (non-hydrogen) atoms. The van der Waals surface area contributed by atoms with E-state index in [-0.39, 0.29) is 11.4 Å². The lowest BCUT2D eigenvalue weighted by molar-refractivity contribution is 0.0320.